The van der Waals surface area contributed by atoms with Crippen molar-refractivity contribution < 1.29 is 8.78 Å². The van der Waals surface area contributed by atoms with E-state index in [1.807, 2.05) is 32.9 Å². The highest BCUT2D eigenvalue weighted by Crippen LogP contribution is 2.30. The summed E-state index contributed by atoms with van der Waals surface area (Å²) in [5.41, 5.74) is 9.86. The predicted molar refractivity (Wildman–Crippen MR) is 80.7 cm³/mol. The molecule has 0 fully saturated rings. The van der Waals surface area contributed by atoms with E-state index in [4.69, 9.17) is 5.73 Å². The highest BCUT2D eigenvalue weighted by Gasteiger charge is 2.21. The molecule has 0 saturated carbocycles. The van der Waals surface area contributed by atoms with Crippen molar-refractivity contribution in [3.8, 4) is 0 Å². The van der Waals surface area contributed by atoms with Crippen molar-refractivity contribution in [3.63, 3.8) is 0 Å². The van der Waals surface area contributed by atoms with E-state index in [2.05, 4.69) is 15.9 Å². The fourth-order valence-electron chi connectivity index (χ4n) is 2.32. The van der Waals surface area contributed by atoms with Crippen LogP contribution in [-0.4, -0.2) is 0 Å². The zero-order valence-corrected chi connectivity index (χ0v) is 13.2. The van der Waals surface area contributed by atoms with Crippen molar-refractivity contribution in [3.05, 3.63) is 68.2 Å². The number of hydrogen-bond acceptors (Lipinski definition) is 1. The fourth-order valence-corrected chi connectivity index (χ4v) is 2.73. The molecule has 0 aliphatic heterocycles. The third-order valence-electron chi connectivity index (χ3n) is 3.57. The lowest BCUT2D eigenvalue weighted by atomic mass is 9.92. The monoisotopic (exact) mass is 339 g/mol. The van der Waals surface area contributed by atoms with Gasteiger partial charge in [0.2, 0.25) is 0 Å². The third-order valence-corrected chi connectivity index (χ3v) is 4.03. The summed E-state index contributed by atoms with van der Waals surface area (Å²) in [6.45, 7) is 5.86. The van der Waals surface area contributed by atoms with E-state index in [1.54, 1.807) is 0 Å². The van der Waals surface area contributed by atoms with Crippen LogP contribution in [0.3, 0.4) is 0 Å². The van der Waals surface area contributed by atoms with Gasteiger partial charge in [-0.25, -0.2) is 8.78 Å². The molecule has 1 nitrogen and oxygen atoms in total. The van der Waals surface area contributed by atoms with E-state index in [-0.39, 0.29) is 5.56 Å². The van der Waals surface area contributed by atoms with E-state index in [1.165, 1.54) is 12.1 Å². The molecule has 1 unspecified atom stereocenters. The number of aryl methyl sites for hydroxylation is 3. The molecule has 106 valence electrons. The Bertz CT molecular complexity index is 645. The van der Waals surface area contributed by atoms with Crippen molar-refractivity contribution in [2.75, 3.05) is 0 Å². The van der Waals surface area contributed by atoms with Crippen LogP contribution >= 0.6 is 15.9 Å². The summed E-state index contributed by atoms with van der Waals surface area (Å²) in [7, 11) is 0. The van der Waals surface area contributed by atoms with Crippen LogP contribution in [0, 0.1) is 32.4 Å². The molecule has 0 bridgehead atoms. The van der Waals surface area contributed by atoms with Gasteiger partial charge in [0, 0.05) is 10.0 Å². The van der Waals surface area contributed by atoms with Crippen molar-refractivity contribution in [1.82, 2.24) is 0 Å². The first kappa shape index (κ1) is 15.1. The van der Waals surface area contributed by atoms with Crippen molar-refractivity contribution in [2.45, 2.75) is 26.8 Å². The first-order valence-electron chi connectivity index (χ1n) is 6.29. The molecule has 4 heteroatoms. The van der Waals surface area contributed by atoms with Gasteiger partial charge < -0.3 is 5.73 Å². The molecule has 2 aromatic carbocycles. The molecule has 0 heterocycles. The summed E-state index contributed by atoms with van der Waals surface area (Å²) in [5.74, 6) is -1.27. The average Bonchev–Trinajstić information content (AvgIpc) is 2.32. The molecule has 0 amide bonds. The van der Waals surface area contributed by atoms with E-state index in [9.17, 15) is 8.78 Å². The second-order valence-electron chi connectivity index (χ2n) is 5.05. The summed E-state index contributed by atoms with van der Waals surface area (Å²) in [5, 5.41) is 0. The van der Waals surface area contributed by atoms with E-state index in [0.717, 1.165) is 22.3 Å². The van der Waals surface area contributed by atoms with Crippen molar-refractivity contribution in [1.29, 1.82) is 0 Å². The molecule has 0 spiro atoms. The minimum Gasteiger partial charge on any atom is -0.320 e. The molecular formula is C16H16BrF2N. The van der Waals surface area contributed by atoms with Crippen LogP contribution in [-0.2, 0) is 0 Å². The maximum atomic E-state index is 14.0. The Morgan fingerprint density at radius 3 is 1.95 bits per heavy atom. The Kier molecular flexibility index (Phi) is 4.25. The number of benzene rings is 2. The standard InChI is InChI=1S/C16H16BrF2N/c1-8-4-10(3)12(5-9(8)2)16(20)15-13(18)6-11(17)7-14(15)19/h4-7,16H,20H2,1-3H3. The summed E-state index contributed by atoms with van der Waals surface area (Å²) in [6.07, 6.45) is 0. The van der Waals surface area contributed by atoms with Gasteiger partial charge in [0.1, 0.15) is 11.6 Å². The molecule has 0 aromatic heterocycles. The highest BCUT2D eigenvalue weighted by atomic mass is 79.9. The Morgan fingerprint density at radius 1 is 0.900 bits per heavy atom. The molecule has 0 saturated heterocycles. The number of nitrogens with two attached hydrogens (primary N) is 1. The van der Waals surface area contributed by atoms with Crippen LogP contribution in [0.25, 0.3) is 0 Å². The Balaban J connectivity index is 2.57. The number of halogens is 3. The topological polar surface area (TPSA) is 26.0 Å². The van der Waals surface area contributed by atoms with Gasteiger partial charge in [0.25, 0.3) is 0 Å². The van der Waals surface area contributed by atoms with Gasteiger partial charge in [-0.2, -0.15) is 0 Å². The van der Waals surface area contributed by atoms with Gasteiger partial charge in [-0.3, -0.25) is 0 Å². The molecule has 2 N–H and O–H groups in total. The fraction of sp³-hybridized carbons (Fsp3) is 0.250. The summed E-state index contributed by atoms with van der Waals surface area (Å²) < 4.78 is 28.4. The van der Waals surface area contributed by atoms with E-state index >= 15 is 0 Å². The largest absolute Gasteiger partial charge is 0.320 e. The minimum atomic E-state index is -0.817. The number of rotatable bonds is 2. The van der Waals surface area contributed by atoms with Gasteiger partial charge in [0.05, 0.1) is 6.04 Å². The zero-order valence-electron chi connectivity index (χ0n) is 11.6. The second-order valence-corrected chi connectivity index (χ2v) is 5.97. The Morgan fingerprint density at radius 2 is 1.40 bits per heavy atom. The Labute approximate surface area is 125 Å². The molecule has 0 radical (unpaired) electrons. The normalized spacial score (nSPS) is 12.6. The first-order valence-corrected chi connectivity index (χ1v) is 7.08. The van der Waals surface area contributed by atoms with Gasteiger partial charge in [-0.1, -0.05) is 28.1 Å². The van der Waals surface area contributed by atoms with Gasteiger partial charge >= 0.3 is 0 Å². The minimum absolute atomic E-state index is 0.0976. The van der Waals surface area contributed by atoms with Crippen LogP contribution < -0.4 is 5.73 Å². The lowest BCUT2D eigenvalue weighted by Gasteiger charge is -2.18. The van der Waals surface area contributed by atoms with Crippen molar-refractivity contribution >= 4 is 15.9 Å². The smallest absolute Gasteiger partial charge is 0.132 e. The van der Waals surface area contributed by atoms with Crippen LogP contribution in [0.15, 0.2) is 28.7 Å². The summed E-state index contributed by atoms with van der Waals surface area (Å²) in [4.78, 5) is 0. The first-order chi connectivity index (χ1) is 9.31. The van der Waals surface area contributed by atoms with Crippen LogP contribution in [0.5, 0.6) is 0 Å². The van der Waals surface area contributed by atoms with Gasteiger partial charge in [0.15, 0.2) is 0 Å². The maximum absolute atomic E-state index is 14.0. The number of hydrogen-bond donors (Lipinski definition) is 1. The van der Waals surface area contributed by atoms with Crippen LogP contribution in [0.2, 0.25) is 0 Å². The lowest BCUT2D eigenvalue weighted by molar-refractivity contribution is 0.541. The highest BCUT2D eigenvalue weighted by molar-refractivity contribution is 9.10. The summed E-state index contributed by atoms with van der Waals surface area (Å²) >= 11 is 3.07. The van der Waals surface area contributed by atoms with E-state index in [0.29, 0.717) is 4.47 Å². The van der Waals surface area contributed by atoms with E-state index < -0.39 is 17.7 Å². The molecular weight excluding hydrogens is 324 g/mol. The predicted octanol–water partition coefficient (Wildman–Crippen LogP) is 4.70. The van der Waals surface area contributed by atoms with Crippen LogP contribution in [0.4, 0.5) is 8.78 Å². The second kappa shape index (κ2) is 5.62. The van der Waals surface area contributed by atoms with Gasteiger partial charge in [-0.15, -0.1) is 0 Å². The molecule has 2 aromatic rings. The lowest BCUT2D eigenvalue weighted by Crippen LogP contribution is -2.17. The molecule has 0 aliphatic rings. The Hall–Kier alpha value is -1.26. The zero-order chi connectivity index (χ0) is 15.0. The average molecular weight is 340 g/mol. The van der Waals surface area contributed by atoms with Crippen molar-refractivity contribution in [2.24, 2.45) is 5.73 Å². The molecule has 2 rings (SSSR count). The van der Waals surface area contributed by atoms with Crippen LogP contribution in [0.1, 0.15) is 33.9 Å². The quantitative estimate of drug-likeness (QED) is 0.843. The molecule has 1 atom stereocenters. The maximum Gasteiger partial charge on any atom is 0.132 e. The van der Waals surface area contributed by atoms with Gasteiger partial charge in [-0.05, 0) is 55.2 Å². The third kappa shape index (κ3) is 2.76. The SMILES string of the molecule is Cc1cc(C)c(C(N)c2c(F)cc(Br)cc2F)cc1C. The molecule has 20 heavy (non-hydrogen) atoms. The summed E-state index contributed by atoms with van der Waals surface area (Å²) in [6, 6.07) is 5.53. The molecule has 0 aliphatic carbocycles.